The fraction of sp³-hybridized carbons (Fsp3) is 0.273. The molecule has 0 spiro atoms. The number of pyridine rings is 1. The Morgan fingerprint density at radius 2 is 2.00 bits per heavy atom. The highest BCUT2D eigenvalue weighted by Gasteiger charge is 2.21. The number of thiazole rings is 1. The van der Waals surface area contributed by atoms with Crippen LogP contribution in [0.5, 0.6) is 0 Å². The highest BCUT2D eigenvalue weighted by Crippen LogP contribution is 2.27. The highest BCUT2D eigenvalue weighted by molar-refractivity contribution is 7.09. The van der Waals surface area contributed by atoms with Crippen LogP contribution in [0.25, 0.3) is 22.3 Å². The molecule has 1 amide bonds. The second kappa shape index (κ2) is 7.75. The number of fused-ring (bicyclic) bond motifs is 1. The van der Waals surface area contributed by atoms with Crippen molar-refractivity contribution in [1.82, 2.24) is 25.1 Å². The van der Waals surface area contributed by atoms with Crippen molar-refractivity contribution in [2.75, 3.05) is 0 Å². The molecule has 7 heteroatoms. The van der Waals surface area contributed by atoms with Crippen LogP contribution in [0.15, 0.2) is 41.8 Å². The minimum Gasteiger partial charge on any atom is -0.344 e. The zero-order valence-electron chi connectivity index (χ0n) is 16.9. The van der Waals surface area contributed by atoms with Crippen LogP contribution in [0, 0.1) is 6.92 Å². The number of nitrogens with one attached hydrogen (secondary N) is 1. The summed E-state index contributed by atoms with van der Waals surface area (Å²) >= 11 is 1.62. The van der Waals surface area contributed by atoms with Crippen molar-refractivity contribution in [2.45, 2.75) is 33.2 Å². The topological polar surface area (TPSA) is 72.7 Å². The fourth-order valence-corrected chi connectivity index (χ4v) is 4.25. The SMILES string of the molecule is CCc1nc(C(C)NC(=O)c2cc(-c3ccccc3)nc3c2c(C)nn3C)cs1. The minimum absolute atomic E-state index is 0.149. The summed E-state index contributed by atoms with van der Waals surface area (Å²) in [5.74, 6) is -0.149. The van der Waals surface area contributed by atoms with Crippen LogP contribution in [0.2, 0.25) is 0 Å². The Kier molecular flexibility index (Phi) is 5.15. The third-order valence-corrected chi connectivity index (χ3v) is 5.96. The number of carbonyl (C=O) groups is 1. The Bertz CT molecular complexity index is 1180. The molecule has 1 aromatic carbocycles. The maximum Gasteiger partial charge on any atom is 0.252 e. The van der Waals surface area contributed by atoms with Crippen LogP contribution < -0.4 is 5.32 Å². The van der Waals surface area contributed by atoms with Crippen molar-refractivity contribution in [3.8, 4) is 11.3 Å². The Morgan fingerprint density at radius 3 is 2.69 bits per heavy atom. The van der Waals surface area contributed by atoms with Gasteiger partial charge in [-0.3, -0.25) is 9.48 Å². The number of nitrogens with zero attached hydrogens (tertiary/aromatic N) is 4. The van der Waals surface area contributed by atoms with Gasteiger partial charge in [0.1, 0.15) is 0 Å². The molecule has 0 saturated heterocycles. The van der Waals surface area contributed by atoms with E-state index >= 15 is 0 Å². The first-order valence-corrected chi connectivity index (χ1v) is 10.5. The molecular formula is C22H23N5OS. The predicted octanol–water partition coefficient (Wildman–Crippen LogP) is 4.45. The van der Waals surface area contributed by atoms with Gasteiger partial charge in [-0.15, -0.1) is 11.3 Å². The Balaban J connectivity index is 1.76. The molecule has 3 aromatic heterocycles. The summed E-state index contributed by atoms with van der Waals surface area (Å²) in [7, 11) is 1.85. The molecule has 1 unspecified atom stereocenters. The van der Waals surface area contributed by atoms with E-state index < -0.39 is 0 Å². The number of aryl methyl sites for hydroxylation is 3. The maximum absolute atomic E-state index is 13.3. The molecule has 29 heavy (non-hydrogen) atoms. The van der Waals surface area contributed by atoms with Crippen molar-refractivity contribution in [3.05, 3.63) is 63.7 Å². The Morgan fingerprint density at radius 1 is 1.24 bits per heavy atom. The van der Waals surface area contributed by atoms with Gasteiger partial charge in [-0.2, -0.15) is 5.10 Å². The van der Waals surface area contributed by atoms with Crippen molar-refractivity contribution in [3.63, 3.8) is 0 Å². The quantitative estimate of drug-likeness (QED) is 0.532. The molecular weight excluding hydrogens is 382 g/mol. The summed E-state index contributed by atoms with van der Waals surface area (Å²) in [4.78, 5) is 22.6. The summed E-state index contributed by atoms with van der Waals surface area (Å²) in [6, 6.07) is 11.5. The number of carbonyl (C=O) groups excluding carboxylic acids is 1. The van der Waals surface area contributed by atoms with Gasteiger partial charge < -0.3 is 5.32 Å². The Hall–Kier alpha value is -3.06. The van der Waals surface area contributed by atoms with Crippen molar-refractivity contribution >= 4 is 28.3 Å². The van der Waals surface area contributed by atoms with E-state index in [1.54, 1.807) is 16.0 Å². The molecule has 0 bridgehead atoms. The first-order chi connectivity index (χ1) is 14.0. The smallest absolute Gasteiger partial charge is 0.252 e. The molecule has 0 aliphatic rings. The summed E-state index contributed by atoms with van der Waals surface area (Å²) in [5.41, 5.74) is 4.66. The number of rotatable bonds is 5. The van der Waals surface area contributed by atoms with Crippen LogP contribution >= 0.6 is 11.3 Å². The molecule has 6 nitrogen and oxygen atoms in total. The van der Waals surface area contributed by atoms with E-state index in [1.165, 1.54) is 0 Å². The summed E-state index contributed by atoms with van der Waals surface area (Å²) < 4.78 is 1.73. The molecule has 0 fully saturated rings. The molecule has 0 saturated carbocycles. The van der Waals surface area contributed by atoms with Gasteiger partial charge in [-0.1, -0.05) is 37.3 Å². The molecule has 4 rings (SSSR count). The van der Waals surface area contributed by atoms with Crippen LogP contribution in [0.1, 0.15) is 46.6 Å². The zero-order valence-corrected chi connectivity index (χ0v) is 17.7. The van der Waals surface area contributed by atoms with Gasteiger partial charge in [0, 0.05) is 18.0 Å². The standard InChI is InChI=1S/C22H23N5OS/c1-5-19-24-18(12-29-19)13(2)23-22(28)16-11-17(15-9-7-6-8-10-15)25-21-20(16)14(3)26-27(21)4/h6-13H,5H2,1-4H3,(H,23,28). The van der Waals surface area contributed by atoms with E-state index in [0.717, 1.165) is 39.5 Å². The van der Waals surface area contributed by atoms with Gasteiger partial charge in [0.05, 0.1) is 39.1 Å². The first-order valence-electron chi connectivity index (χ1n) is 9.62. The first kappa shape index (κ1) is 19.3. The molecule has 4 aromatic rings. The second-order valence-electron chi connectivity index (χ2n) is 7.04. The number of aromatic nitrogens is 4. The zero-order chi connectivity index (χ0) is 20.5. The monoisotopic (exact) mass is 405 g/mol. The van der Waals surface area contributed by atoms with Crippen LogP contribution in [-0.2, 0) is 13.5 Å². The summed E-state index contributed by atoms with van der Waals surface area (Å²) in [6.07, 6.45) is 0.894. The van der Waals surface area contributed by atoms with Gasteiger partial charge in [0.25, 0.3) is 5.91 Å². The third kappa shape index (κ3) is 3.65. The lowest BCUT2D eigenvalue weighted by molar-refractivity contribution is 0.0941. The Labute approximate surface area is 173 Å². The molecule has 0 radical (unpaired) electrons. The van der Waals surface area contributed by atoms with Gasteiger partial charge in [-0.05, 0) is 26.3 Å². The highest BCUT2D eigenvalue weighted by atomic mass is 32.1. The van der Waals surface area contributed by atoms with E-state index in [1.807, 2.05) is 62.7 Å². The van der Waals surface area contributed by atoms with E-state index in [9.17, 15) is 4.79 Å². The van der Waals surface area contributed by atoms with Gasteiger partial charge in [-0.25, -0.2) is 9.97 Å². The lowest BCUT2D eigenvalue weighted by Gasteiger charge is -2.13. The summed E-state index contributed by atoms with van der Waals surface area (Å²) in [6.45, 7) is 5.94. The van der Waals surface area contributed by atoms with E-state index in [-0.39, 0.29) is 11.9 Å². The average molecular weight is 406 g/mol. The van der Waals surface area contributed by atoms with Gasteiger partial charge >= 0.3 is 0 Å². The van der Waals surface area contributed by atoms with Crippen LogP contribution in [0.3, 0.4) is 0 Å². The fourth-order valence-electron chi connectivity index (χ4n) is 3.42. The lowest BCUT2D eigenvalue weighted by Crippen LogP contribution is -2.27. The van der Waals surface area contributed by atoms with Crippen LogP contribution in [0.4, 0.5) is 0 Å². The number of amides is 1. The average Bonchev–Trinajstić information content (AvgIpc) is 3.33. The lowest BCUT2D eigenvalue weighted by atomic mass is 10.0. The molecule has 1 atom stereocenters. The third-order valence-electron chi connectivity index (χ3n) is 4.95. The largest absolute Gasteiger partial charge is 0.344 e. The van der Waals surface area contributed by atoms with Crippen LogP contribution in [-0.4, -0.2) is 25.7 Å². The second-order valence-corrected chi connectivity index (χ2v) is 7.99. The van der Waals surface area contributed by atoms with Crippen molar-refractivity contribution in [2.24, 2.45) is 7.05 Å². The maximum atomic E-state index is 13.3. The van der Waals surface area contributed by atoms with E-state index in [2.05, 4.69) is 22.3 Å². The van der Waals surface area contributed by atoms with E-state index in [0.29, 0.717) is 11.2 Å². The van der Waals surface area contributed by atoms with Crippen molar-refractivity contribution < 1.29 is 4.79 Å². The molecule has 0 aliphatic heterocycles. The number of benzene rings is 1. The minimum atomic E-state index is -0.181. The van der Waals surface area contributed by atoms with E-state index in [4.69, 9.17) is 4.98 Å². The molecule has 3 heterocycles. The number of hydrogen-bond acceptors (Lipinski definition) is 5. The summed E-state index contributed by atoms with van der Waals surface area (Å²) in [5, 5.41) is 11.4. The van der Waals surface area contributed by atoms with Gasteiger partial charge in [0.2, 0.25) is 0 Å². The normalized spacial score (nSPS) is 12.3. The predicted molar refractivity (Wildman–Crippen MR) is 116 cm³/mol. The van der Waals surface area contributed by atoms with Crippen molar-refractivity contribution in [1.29, 1.82) is 0 Å². The molecule has 1 N–H and O–H groups in total. The molecule has 148 valence electrons. The van der Waals surface area contributed by atoms with Gasteiger partial charge in [0.15, 0.2) is 5.65 Å². The molecule has 0 aliphatic carbocycles. The number of hydrogen-bond donors (Lipinski definition) is 1.